The molecule has 2 aromatic rings. The van der Waals surface area contributed by atoms with Crippen LogP contribution in [-0.2, 0) is 6.61 Å². The molecule has 0 aliphatic heterocycles. The fourth-order valence-electron chi connectivity index (χ4n) is 1.41. The Balaban J connectivity index is 2.20. The Kier molecular flexibility index (Phi) is 3.47. The molecule has 0 aliphatic rings. The van der Waals surface area contributed by atoms with E-state index in [9.17, 15) is 9.18 Å². The van der Waals surface area contributed by atoms with Crippen LogP contribution in [0.25, 0.3) is 0 Å². The number of halogens is 2. The molecule has 0 fully saturated rings. The zero-order valence-corrected chi connectivity index (χ0v) is 9.76. The summed E-state index contributed by atoms with van der Waals surface area (Å²) in [7, 11) is 0. The summed E-state index contributed by atoms with van der Waals surface area (Å²) in [6.07, 6.45) is 1.25. The van der Waals surface area contributed by atoms with Gasteiger partial charge in [-0.25, -0.2) is 4.39 Å². The molecule has 0 spiro atoms. The van der Waals surface area contributed by atoms with Crippen molar-refractivity contribution in [2.45, 2.75) is 6.61 Å². The molecule has 0 atom stereocenters. The van der Waals surface area contributed by atoms with Crippen LogP contribution in [0, 0.1) is 5.82 Å². The molecule has 0 saturated carbocycles. The second kappa shape index (κ2) is 5.05. The van der Waals surface area contributed by atoms with Crippen molar-refractivity contribution in [2.75, 3.05) is 0 Å². The van der Waals surface area contributed by atoms with E-state index >= 15 is 0 Å². The monoisotopic (exact) mass is 270 g/mol. The van der Waals surface area contributed by atoms with Crippen molar-refractivity contribution in [1.29, 1.82) is 0 Å². The van der Waals surface area contributed by atoms with Gasteiger partial charge in [0.25, 0.3) is 5.24 Å². The minimum Gasteiger partial charge on any atom is -0.472 e. The van der Waals surface area contributed by atoms with E-state index in [0.29, 0.717) is 4.85 Å². The highest BCUT2D eigenvalue weighted by atomic mass is 35.5. The minimum absolute atomic E-state index is 0.0418. The van der Waals surface area contributed by atoms with Gasteiger partial charge in [-0.3, -0.25) is 4.79 Å². The van der Waals surface area contributed by atoms with E-state index in [1.165, 1.54) is 30.5 Å². The van der Waals surface area contributed by atoms with E-state index in [0.717, 1.165) is 0 Å². The van der Waals surface area contributed by atoms with Crippen molar-refractivity contribution in [1.82, 2.24) is 9.94 Å². The van der Waals surface area contributed by atoms with Gasteiger partial charge in [0.05, 0.1) is 6.20 Å². The fraction of sp³-hybridized carbons (Fsp3) is 0.0909. The molecule has 7 heteroatoms. The second-order valence-corrected chi connectivity index (χ2v) is 3.75. The van der Waals surface area contributed by atoms with Crippen molar-refractivity contribution in [2.24, 2.45) is 0 Å². The Morgan fingerprint density at radius 3 is 2.89 bits per heavy atom. The third kappa shape index (κ3) is 2.60. The topological polar surface area (TPSA) is 64.3 Å². The van der Waals surface area contributed by atoms with Gasteiger partial charge in [-0.05, 0) is 23.7 Å². The number of rotatable bonds is 4. The molecule has 1 heterocycles. The lowest BCUT2D eigenvalue weighted by molar-refractivity contribution is 0.107. The number of ether oxygens (including phenoxy) is 1. The highest BCUT2D eigenvalue weighted by Crippen LogP contribution is 2.18. The van der Waals surface area contributed by atoms with Crippen LogP contribution < -0.4 is 4.74 Å². The third-order valence-corrected chi connectivity index (χ3v) is 2.45. The first-order chi connectivity index (χ1) is 8.58. The predicted octanol–water partition coefficient (Wildman–Crippen LogP) is 2.22. The second-order valence-electron chi connectivity index (χ2n) is 3.40. The molecule has 18 heavy (non-hydrogen) atoms. The summed E-state index contributed by atoms with van der Waals surface area (Å²) in [6.45, 7) is -0.211. The number of carbonyl (C=O) groups excluding carboxylic acids is 1. The molecule has 5 nitrogen and oxygen atoms in total. The Morgan fingerprint density at radius 2 is 2.28 bits per heavy atom. The summed E-state index contributed by atoms with van der Waals surface area (Å²) in [5.41, 5.74) is 0.0880. The molecule has 0 radical (unpaired) electrons. The van der Waals surface area contributed by atoms with Crippen molar-refractivity contribution in [3.8, 4) is 5.88 Å². The molecule has 0 amide bonds. The Hall–Kier alpha value is -2.08. The number of aromatic nitrogens is 2. The van der Waals surface area contributed by atoms with E-state index in [4.69, 9.17) is 21.5 Å². The largest absolute Gasteiger partial charge is 0.472 e. The molecule has 1 N–H and O–H groups in total. The summed E-state index contributed by atoms with van der Waals surface area (Å²) in [5, 5.41) is 11.7. The lowest BCUT2D eigenvalue weighted by Gasteiger charge is -2.07. The molecule has 0 saturated heterocycles. The van der Waals surface area contributed by atoms with Gasteiger partial charge in [-0.15, -0.1) is 4.85 Å². The smallest absolute Gasteiger partial charge is 0.252 e. The maximum Gasteiger partial charge on any atom is 0.252 e. The zero-order valence-electron chi connectivity index (χ0n) is 9.01. The van der Waals surface area contributed by atoms with Gasteiger partial charge in [0.2, 0.25) is 5.88 Å². The van der Waals surface area contributed by atoms with Crippen LogP contribution in [0.15, 0.2) is 30.5 Å². The van der Waals surface area contributed by atoms with E-state index in [1.54, 1.807) is 0 Å². The molecule has 1 aromatic heterocycles. The van der Waals surface area contributed by atoms with Crippen molar-refractivity contribution in [3.05, 3.63) is 47.4 Å². The average molecular weight is 271 g/mol. The summed E-state index contributed by atoms with van der Waals surface area (Å²) >= 11 is 5.35. The van der Waals surface area contributed by atoms with Crippen molar-refractivity contribution in [3.63, 3.8) is 0 Å². The maximum absolute atomic E-state index is 13.6. The Labute approximate surface area is 106 Å². The number of carbonyl (C=O) groups is 1. The van der Waals surface area contributed by atoms with Gasteiger partial charge in [0.1, 0.15) is 12.4 Å². The predicted molar refractivity (Wildman–Crippen MR) is 60.3 cm³/mol. The van der Waals surface area contributed by atoms with Crippen LogP contribution >= 0.6 is 11.6 Å². The number of hydrogen-bond donors (Lipinski definition) is 1. The highest BCUT2D eigenvalue weighted by molar-refractivity contribution is 6.67. The molecule has 0 bridgehead atoms. The quantitative estimate of drug-likeness (QED) is 0.683. The van der Waals surface area contributed by atoms with Crippen LogP contribution in [0.1, 0.15) is 15.9 Å². The molecule has 0 unspecified atom stereocenters. The molecule has 94 valence electrons. The van der Waals surface area contributed by atoms with Crippen molar-refractivity contribution >= 4 is 16.8 Å². The zero-order chi connectivity index (χ0) is 13.1. The van der Waals surface area contributed by atoms with Gasteiger partial charge in [-0.1, -0.05) is 11.2 Å². The highest BCUT2D eigenvalue weighted by Gasteiger charge is 2.14. The van der Waals surface area contributed by atoms with E-state index in [2.05, 4.69) is 5.10 Å². The molecule has 2 rings (SSSR count). The third-order valence-electron chi connectivity index (χ3n) is 2.25. The summed E-state index contributed by atoms with van der Waals surface area (Å²) < 4.78 is 18.7. The molecular formula is C11H8ClFN2O3. The van der Waals surface area contributed by atoms with E-state index in [1.807, 2.05) is 0 Å². The van der Waals surface area contributed by atoms with Gasteiger partial charge in [0.15, 0.2) is 0 Å². The van der Waals surface area contributed by atoms with Gasteiger partial charge in [0, 0.05) is 17.2 Å². The first-order valence-corrected chi connectivity index (χ1v) is 5.30. The minimum atomic E-state index is -0.763. The lowest BCUT2D eigenvalue weighted by atomic mass is 10.1. The number of hydrogen-bond acceptors (Lipinski definition) is 4. The van der Waals surface area contributed by atoms with Gasteiger partial charge >= 0.3 is 0 Å². The number of benzene rings is 1. The summed E-state index contributed by atoms with van der Waals surface area (Å²) in [6, 6.07) is 5.38. The SMILES string of the molecule is O=C(Cl)c1cccc(F)c1COc1ccn(O)n1. The van der Waals surface area contributed by atoms with Crippen LogP contribution in [0.3, 0.4) is 0 Å². The van der Waals surface area contributed by atoms with Crippen LogP contribution in [-0.4, -0.2) is 20.4 Å². The maximum atomic E-state index is 13.6. The first kappa shape index (κ1) is 12.4. The average Bonchev–Trinajstić information content (AvgIpc) is 2.73. The summed E-state index contributed by atoms with van der Waals surface area (Å²) in [5.74, 6) is -0.487. The standard InChI is InChI=1S/C11H8ClFN2O3/c12-11(16)7-2-1-3-9(13)8(7)6-18-10-4-5-15(17)14-10/h1-5,17H,6H2. The Morgan fingerprint density at radius 1 is 1.50 bits per heavy atom. The van der Waals surface area contributed by atoms with Crippen LogP contribution in [0.4, 0.5) is 4.39 Å². The van der Waals surface area contributed by atoms with Gasteiger partial charge < -0.3 is 9.94 Å². The lowest BCUT2D eigenvalue weighted by Crippen LogP contribution is -2.06. The normalized spacial score (nSPS) is 10.3. The van der Waals surface area contributed by atoms with Gasteiger partial charge in [-0.2, -0.15) is 0 Å². The fourth-order valence-corrected chi connectivity index (χ4v) is 1.59. The number of nitrogens with zero attached hydrogens (tertiary/aromatic N) is 2. The van der Waals surface area contributed by atoms with Crippen LogP contribution in [0.5, 0.6) is 5.88 Å². The molecule has 1 aromatic carbocycles. The summed E-state index contributed by atoms with van der Waals surface area (Å²) in [4.78, 5) is 11.7. The molecular weight excluding hydrogens is 263 g/mol. The first-order valence-electron chi connectivity index (χ1n) is 4.93. The van der Waals surface area contributed by atoms with E-state index in [-0.39, 0.29) is 23.6 Å². The van der Waals surface area contributed by atoms with Crippen LogP contribution in [0.2, 0.25) is 0 Å². The van der Waals surface area contributed by atoms with Crippen molar-refractivity contribution < 1.29 is 19.1 Å². The Bertz CT molecular complexity index is 585. The van der Waals surface area contributed by atoms with E-state index < -0.39 is 11.1 Å². The molecule has 0 aliphatic carbocycles.